The number of nitrogens with two attached hydrogens (primary N) is 5. The molecule has 0 fully saturated rings. The molecule has 18 amide bonds. The van der Waals surface area contributed by atoms with E-state index in [0.717, 1.165) is 38.5 Å². The van der Waals surface area contributed by atoms with Gasteiger partial charge in [0.05, 0.1) is 0 Å². The van der Waals surface area contributed by atoms with Crippen LogP contribution in [0.3, 0.4) is 0 Å². The molecule has 0 heterocycles. The summed E-state index contributed by atoms with van der Waals surface area (Å²) in [6.45, 7) is 28.2. The first-order chi connectivity index (χ1) is 57.8. The number of carboxylic acids is 1. The number of carboxylic acid groups (broad SMARTS) is 1. The number of aliphatic carboxylic acids is 1. The highest BCUT2D eigenvalue weighted by Gasteiger charge is 2.40. The number of nitrogens with one attached hydrogen (secondary N) is 13. The van der Waals surface area contributed by atoms with Crippen LogP contribution in [-0.2, 0) is 101 Å². The Morgan fingerprint density at radius 1 is 0.282 bits per heavy atom. The predicted octanol–water partition coefficient (Wildman–Crippen LogP) is 0.364. The lowest BCUT2D eigenvalue weighted by Crippen LogP contribution is -2.62. The molecule has 0 saturated heterocycles. The van der Waals surface area contributed by atoms with E-state index in [4.69, 9.17) is 33.4 Å². The first-order valence-corrected chi connectivity index (χ1v) is 43.6. The van der Waals surface area contributed by atoms with Crippen molar-refractivity contribution < 1.29 is 106 Å². The molecule has 0 aromatic rings. The van der Waals surface area contributed by atoms with E-state index in [1.807, 2.05) is 6.92 Å². The lowest BCUT2D eigenvalue weighted by Gasteiger charge is -2.30. The number of carbonyl (C=O) groups is 20. The maximum absolute atomic E-state index is 14.8. The van der Waals surface area contributed by atoms with Crippen LogP contribution in [0.1, 0.15) is 278 Å². The number of hydrogen-bond acceptors (Lipinski definition) is 21. The van der Waals surface area contributed by atoms with E-state index in [0.29, 0.717) is 12.8 Å². The number of primary amides is 5. The number of ether oxygens (including phenoxy) is 1. The number of amides is 18. The SMILES string of the molecule is CCCCCCCCCC(=O)N[C@@H](CC(C)C)C(=O)N[C@H](CCC(=O)O)C(=O)N[C@H](CCC(N)=O)C(=O)N[C@@H](C(=O)N[C@H](CC(C)C)C(=O)N[C@@H](CCC(N)=O)C(=O)N[C@H](COC(=O)C[C@@H](C)CC)C(=O)N[C@@H](C(=O)N[C@H](CC(C)C)C(=O)N[C@H](CCC(N)=O)C(=O)N[C@@H](CC(C)C)C(=O)N[C@@H](CC(C)C)C(=O)N[C@@H](CCC(N)=O)C(N)=O)C(C)C)C(C)C. The molecular weight excluding hydrogens is 1610 g/mol. The summed E-state index contributed by atoms with van der Waals surface area (Å²) in [5.74, 6) is -22.4. The number of rotatable bonds is 66. The van der Waals surface area contributed by atoms with Crippen molar-refractivity contribution in [3.63, 3.8) is 0 Å². The van der Waals surface area contributed by atoms with Gasteiger partial charge in [0.1, 0.15) is 85.2 Å². The van der Waals surface area contributed by atoms with Crippen molar-refractivity contribution in [1.82, 2.24) is 69.1 Å². The van der Waals surface area contributed by atoms with Gasteiger partial charge in [0, 0.05) is 44.9 Å². The highest BCUT2D eigenvalue weighted by Crippen LogP contribution is 2.19. The molecule has 0 saturated carbocycles. The third-order valence-electron chi connectivity index (χ3n) is 20.0. The van der Waals surface area contributed by atoms with E-state index in [-0.39, 0.29) is 87.4 Å². The van der Waals surface area contributed by atoms with E-state index in [9.17, 15) is 101 Å². The lowest BCUT2D eigenvalue weighted by atomic mass is 9.98. The van der Waals surface area contributed by atoms with Crippen LogP contribution < -0.4 is 97.8 Å². The maximum atomic E-state index is 14.8. The second-order valence-electron chi connectivity index (χ2n) is 35.0. The van der Waals surface area contributed by atoms with Crippen molar-refractivity contribution in [2.24, 2.45) is 76.0 Å². The standard InChI is InChI=1S/C84H148N18O22/c1-18-20-21-22-23-24-25-26-67(107)90-57(37-44(3)4)77(116)95-56(31-36-68(108)109)73(112)92-55(30-35-66(88)106)76(115)101-70(49(13)14)83(122)98-61(41-48(11)12)80(119)94-54(29-34-65(87)105)75(114)100-62(43-124-69(110)42-51(17)19-2)82(121)102-71(50(15)16)84(123)99-60(40-47(9)10)79(118)93-53(28-33-64(86)104)74(113)96-59(39-46(7)8)81(120)97-58(38-45(5)6)78(117)91-52(72(89)111)27-32-63(85)103/h44-62,70-71H,18-43H2,1-17H3,(H2,85,103)(H2,86,104)(H2,87,105)(H2,88,106)(H2,89,111)(H,90,107)(H,91,117)(H,92,112)(H,93,118)(H,94,119)(H,95,116)(H,96,113)(H,97,120)(H,98,122)(H,99,123)(H,100,114)(H,101,115)(H,102,121)(H,108,109)/t51-,52-,53+,54-,55+,56+,57-,58-,59-,60+,61+,62+,70+,71+/m0/s1. The zero-order valence-corrected chi connectivity index (χ0v) is 75.9. The minimum absolute atomic E-state index is 0.0257. The van der Waals surface area contributed by atoms with Crippen LogP contribution in [0.5, 0.6) is 0 Å². The minimum atomic E-state index is -1.90. The van der Waals surface area contributed by atoms with Crippen LogP contribution in [0, 0.1) is 47.3 Å². The highest BCUT2D eigenvalue weighted by atomic mass is 16.5. The summed E-state index contributed by atoms with van der Waals surface area (Å²) in [6.07, 6.45) is 2.25. The van der Waals surface area contributed by atoms with E-state index in [1.165, 1.54) is 27.7 Å². The Morgan fingerprint density at radius 3 is 0.823 bits per heavy atom. The molecule has 14 atom stereocenters. The average Bonchev–Trinajstić information content (AvgIpc) is 0.814. The summed E-state index contributed by atoms with van der Waals surface area (Å²) >= 11 is 0. The van der Waals surface area contributed by atoms with Crippen LogP contribution >= 0.6 is 0 Å². The molecule has 0 spiro atoms. The van der Waals surface area contributed by atoms with Gasteiger partial charge < -0.3 is 108 Å². The first kappa shape index (κ1) is 113. The second-order valence-corrected chi connectivity index (χ2v) is 35.0. The monoisotopic (exact) mass is 1760 g/mol. The molecule has 0 aromatic carbocycles. The molecule has 0 radical (unpaired) electrons. The summed E-state index contributed by atoms with van der Waals surface area (Å²) in [7, 11) is 0. The van der Waals surface area contributed by atoms with Crippen LogP contribution in [-0.4, -0.2) is 209 Å². The lowest BCUT2D eigenvalue weighted by molar-refractivity contribution is -0.148. The molecule has 706 valence electrons. The summed E-state index contributed by atoms with van der Waals surface area (Å²) in [5.41, 5.74) is 27.4. The van der Waals surface area contributed by atoms with Crippen LogP contribution in [0.25, 0.3) is 0 Å². The molecule has 0 aliphatic heterocycles. The zero-order chi connectivity index (χ0) is 95.0. The number of hydrogen-bond donors (Lipinski definition) is 19. The first-order valence-electron chi connectivity index (χ1n) is 43.6. The van der Waals surface area contributed by atoms with Gasteiger partial charge >= 0.3 is 11.9 Å². The van der Waals surface area contributed by atoms with Gasteiger partial charge in [0.25, 0.3) is 0 Å². The summed E-state index contributed by atoms with van der Waals surface area (Å²) in [6, 6.07) is -20.0. The Bertz CT molecular complexity index is 3540. The Kier molecular flexibility index (Phi) is 54.9. The summed E-state index contributed by atoms with van der Waals surface area (Å²) < 4.78 is 5.54. The van der Waals surface area contributed by atoms with Gasteiger partial charge in [-0.05, 0) is 118 Å². The van der Waals surface area contributed by atoms with Gasteiger partial charge in [-0.3, -0.25) is 95.9 Å². The van der Waals surface area contributed by atoms with E-state index in [1.54, 1.807) is 76.2 Å². The van der Waals surface area contributed by atoms with Crippen molar-refractivity contribution in [2.75, 3.05) is 6.61 Å². The normalized spacial score (nSPS) is 14.8. The topological polar surface area (TPSA) is 657 Å². The molecule has 40 nitrogen and oxygen atoms in total. The van der Waals surface area contributed by atoms with Crippen LogP contribution in [0.4, 0.5) is 0 Å². The van der Waals surface area contributed by atoms with Crippen molar-refractivity contribution in [3.05, 3.63) is 0 Å². The molecule has 0 bridgehead atoms. The molecule has 0 aliphatic carbocycles. The maximum Gasteiger partial charge on any atom is 0.306 e. The predicted molar refractivity (Wildman–Crippen MR) is 459 cm³/mol. The van der Waals surface area contributed by atoms with Crippen LogP contribution in [0.2, 0.25) is 0 Å². The third kappa shape index (κ3) is 49.0. The van der Waals surface area contributed by atoms with Gasteiger partial charge in [-0.15, -0.1) is 0 Å². The number of unbranched alkanes of at least 4 members (excludes halogenated alkanes) is 6. The Hall–Kier alpha value is -10.6. The smallest absolute Gasteiger partial charge is 0.306 e. The fourth-order valence-electron chi connectivity index (χ4n) is 12.9. The van der Waals surface area contributed by atoms with Gasteiger partial charge in [-0.1, -0.05) is 163 Å². The van der Waals surface area contributed by atoms with Crippen molar-refractivity contribution in [1.29, 1.82) is 0 Å². The summed E-state index contributed by atoms with van der Waals surface area (Å²) in [5, 5.41) is 43.0. The number of esters is 1. The van der Waals surface area contributed by atoms with Gasteiger partial charge in [-0.25, -0.2) is 0 Å². The van der Waals surface area contributed by atoms with Gasteiger partial charge in [0.15, 0.2) is 0 Å². The van der Waals surface area contributed by atoms with Crippen LogP contribution in [0.15, 0.2) is 0 Å². The molecular formula is C84H148N18O22. The summed E-state index contributed by atoms with van der Waals surface area (Å²) in [4.78, 5) is 272. The number of carbonyl (C=O) groups excluding carboxylic acids is 19. The van der Waals surface area contributed by atoms with Crippen molar-refractivity contribution in [2.45, 2.75) is 357 Å². The minimum Gasteiger partial charge on any atom is -0.481 e. The Balaban J connectivity index is 7.49. The molecule has 0 aromatic heterocycles. The quantitative estimate of drug-likeness (QED) is 0.0289. The molecule has 24 N–H and O–H groups in total. The Labute approximate surface area is 729 Å². The fraction of sp³-hybridized carbons (Fsp3) is 0.762. The van der Waals surface area contributed by atoms with Crippen molar-refractivity contribution in [3.8, 4) is 0 Å². The largest absolute Gasteiger partial charge is 0.481 e. The van der Waals surface area contributed by atoms with E-state index in [2.05, 4.69) is 76.0 Å². The van der Waals surface area contributed by atoms with E-state index < -0.39 is 273 Å². The van der Waals surface area contributed by atoms with Crippen molar-refractivity contribution >= 4 is 118 Å². The molecule has 0 unspecified atom stereocenters. The van der Waals surface area contributed by atoms with Gasteiger partial charge in [-0.2, -0.15) is 0 Å². The van der Waals surface area contributed by atoms with Gasteiger partial charge in [0.2, 0.25) is 106 Å². The van der Waals surface area contributed by atoms with E-state index >= 15 is 0 Å². The Morgan fingerprint density at radius 2 is 0.532 bits per heavy atom. The molecule has 0 aliphatic rings. The zero-order valence-electron chi connectivity index (χ0n) is 75.9. The molecule has 124 heavy (non-hydrogen) atoms. The second kappa shape index (κ2) is 60.1. The fourth-order valence-corrected chi connectivity index (χ4v) is 12.9. The third-order valence-corrected chi connectivity index (χ3v) is 20.0. The molecule has 0 rings (SSSR count). The average molecular weight is 1760 g/mol. The molecule has 40 heteroatoms. The highest BCUT2D eigenvalue weighted by molar-refractivity contribution is 6.01.